The number of hydrogen-bond acceptors (Lipinski definition) is 8. The third kappa shape index (κ3) is 9.81. The van der Waals surface area contributed by atoms with Gasteiger partial charge in [-0.15, -0.1) is 0 Å². The van der Waals surface area contributed by atoms with Crippen molar-refractivity contribution < 1.29 is 22.8 Å². The number of alkyl halides is 3. The lowest BCUT2D eigenvalue weighted by molar-refractivity contribution is -0.137. The molecule has 41 heavy (non-hydrogen) atoms. The third-order valence-corrected chi connectivity index (χ3v) is 6.25. The van der Waals surface area contributed by atoms with Crippen LogP contribution in [0.5, 0.6) is 0 Å². The number of carbonyl (C=O) groups is 2. The van der Waals surface area contributed by atoms with Crippen LogP contribution in [-0.2, 0) is 28.6 Å². The lowest BCUT2D eigenvalue weighted by atomic mass is 10.0. The van der Waals surface area contributed by atoms with Crippen molar-refractivity contribution in [1.29, 1.82) is 0 Å². The Kier molecular flexibility index (Phi) is 11.6. The Morgan fingerprint density at radius 2 is 1.59 bits per heavy atom. The molecule has 3 rings (SSSR count). The van der Waals surface area contributed by atoms with Gasteiger partial charge in [-0.1, -0.05) is 36.4 Å². The van der Waals surface area contributed by atoms with Gasteiger partial charge in [0.1, 0.15) is 11.9 Å². The van der Waals surface area contributed by atoms with Gasteiger partial charge in [0.2, 0.25) is 11.8 Å². The monoisotopic (exact) mass is 572 g/mol. The molecule has 0 aliphatic rings. The zero-order valence-corrected chi connectivity index (χ0v) is 22.5. The topological polar surface area (TPSA) is 165 Å². The van der Waals surface area contributed by atoms with Crippen LogP contribution < -0.4 is 32.7 Å². The Morgan fingerprint density at radius 3 is 2.20 bits per heavy atom. The van der Waals surface area contributed by atoms with Gasteiger partial charge in [-0.3, -0.25) is 9.59 Å². The third-order valence-electron chi connectivity index (χ3n) is 6.25. The fraction of sp³-hybridized carbons (Fsp3) is 0.357. The van der Waals surface area contributed by atoms with E-state index in [2.05, 4.69) is 20.6 Å². The summed E-state index contributed by atoms with van der Waals surface area (Å²) >= 11 is 0. The first kappa shape index (κ1) is 31.5. The average Bonchev–Trinajstić information content (AvgIpc) is 2.95. The number of halogens is 3. The summed E-state index contributed by atoms with van der Waals surface area (Å²) in [6.45, 7) is 2.02. The number of hydrogen-bond donors (Lipinski definition) is 5. The minimum Gasteiger partial charge on any atom is -0.367 e. The SMILES string of the molecule is NCCN(CCN)c1cnc(C[C@H](N)C(=O)N[C@@H](CCc2ccccc2)C(=O)Nc2cccc(C(F)(F)F)c2)nc1. The molecule has 2 atom stereocenters. The Hall–Kier alpha value is -4.07. The molecule has 0 aliphatic heterocycles. The number of carbonyl (C=O) groups excluding carboxylic acids is 2. The summed E-state index contributed by atoms with van der Waals surface area (Å²) in [5, 5.41) is 5.13. The minimum atomic E-state index is -4.57. The molecule has 1 aromatic heterocycles. The van der Waals surface area contributed by atoms with E-state index in [9.17, 15) is 22.8 Å². The highest BCUT2D eigenvalue weighted by atomic mass is 19.4. The molecule has 2 aromatic carbocycles. The maximum atomic E-state index is 13.1. The van der Waals surface area contributed by atoms with E-state index in [1.165, 1.54) is 12.1 Å². The van der Waals surface area contributed by atoms with E-state index in [0.717, 1.165) is 23.4 Å². The molecule has 1 heterocycles. The van der Waals surface area contributed by atoms with Crippen LogP contribution in [0.1, 0.15) is 23.4 Å². The van der Waals surface area contributed by atoms with E-state index in [1.54, 1.807) is 12.4 Å². The molecule has 2 amide bonds. The second-order valence-electron chi connectivity index (χ2n) is 9.39. The van der Waals surface area contributed by atoms with Crippen molar-refractivity contribution in [1.82, 2.24) is 15.3 Å². The summed E-state index contributed by atoms with van der Waals surface area (Å²) in [4.78, 5) is 36.7. The van der Waals surface area contributed by atoms with E-state index in [4.69, 9.17) is 17.2 Å². The molecule has 0 saturated carbocycles. The minimum absolute atomic E-state index is 0.000539. The molecule has 10 nitrogen and oxygen atoms in total. The van der Waals surface area contributed by atoms with Crippen LogP contribution in [0.4, 0.5) is 24.5 Å². The van der Waals surface area contributed by atoms with E-state index in [1.807, 2.05) is 35.2 Å². The van der Waals surface area contributed by atoms with Crippen molar-refractivity contribution in [3.05, 3.63) is 83.9 Å². The second kappa shape index (κ2) is 15.1. The highest BCUT2D eigenvalue weighted by molar-refractivity contribution is 5.97. The number of benzene rings is 2. The van der Waals surface area contributed by atoms with Gasteiger partial charge < -0.3 is 32.7 Å². The standard InChI is InChI=1S/C28H35F3N8O2/c29-28(30,31)20-7-4-8-21(15-20)37-27(41)24(10-9-19-5-2-1-3-6-19)38-26(40)23(34)16-25-35-17-22(18-36-25)39(13-11-32)14-12-33/h1-8,15,17-18,23-24H,9-14,16,32-34H2,(H,37,41)(H,38,40)/t23-,24-/m0/s1. The summed E-state index contributed by atoms with van der Waals surface area (Å²) in [6.07, 6.45) is -0.741. The Balaban J connectivity index is 1.69. The number of nitrogens with zero attached hydrogens (tertiary/aromatic N) is 3. The molecule has 0 radical (unpaired) electrons. The van der Waals surface area contributed by atoms with Crippen molar-refractivity contribution in [3.63, 3.8) is 0 Å². The number of nitrogens with one attached hydrogen (secondary N) is 2. The molecule has 3 aromatic rings. The average molecular weight is 573 g/mol. The maximum absolute atomic E-state index is 13.1. The van der Waals surface area contributed by atoms with Gasteiger partial charge in [0, 0.05) is 38.3 Å². The molecule has 13 heteroatoms. The van der Waals surface area contributed by atoms with Gasteiger partial charge in [0.05, 0.1) is 29.7 Å². The van der Waals surface area contributed by atoms with Crippen LogP contribution in [0.2, 0.25) is 0 Å². The van der Waals surface area contributed by atoms with E-state index in [-0.39, 0.29) is 18.5 Å². The van der Waals surface area contributed by atoms with Crippen LogP contribution in [-0.4, -0.2) is 60.0 Å². The van der Waals surface area contributed by atoms with Crippen molar-refractivity contribution in [2.45, 2.75) is 37.5 Å². The molecular weight excluding hydrogens is 537 g/mol. The van der Waals surface area contributed by atoms with E-state index in [0.29, 0.717) is 38.4 Å². The number of nitrogens with two attached hydrogens (primary N) is 3. The molecule has 0 unspecified atom stereocenters. The smallest absolute Gasteiger partial charge is 0.367 e. The highest BCUT2D eigenvalue weighted by Crippen LogP contribution is 2.30. The van der Waals surface area contributed by atoms with Crippen molar-refractivity contribution in [3.8, 4) is 0 Å². The Labute approximate surface area is 236 Å². The van der Waals surface area contributed by atoms with Crippen LogP contribution in [0, 0.1) is 0 Å². The van der Waals surface area contributed by atoms with Crippen molar-refractivity contribution in [2.24, 2.45) is 17.2 Å². The number of aromatic nitrogens is 2. The largest absolute Gasteiger partial charge is 0.416 e. The summed E-state index contributed by atoms with van der Waals surface area (Å²) in [5.74, 6) is -0.963. The zero-order chi connectivity index (χ0) is 29.8. The van der Waals surface area contributed by atoms with Crippen molar-refractivity contribution in [2.75, 3.05) is 36.4 Å². The van der Waals surface area contributed by atoms with Crippen LogP contribution in [0.25, 0.3) is 0 Å². The molecule has 220 valence electrons. The fourth-order valence-corrected chi connectivity index (χ4v) is 4.09. The number of amides is 2. The molecule has 8 N–H and O–H groups in total. The van der Waals surface area contributed by atoms with Gasteiger partial charge in [-0.05, 0) is 36.6 Å². The molecular formula is C28H35F3N8O2. The first-order chi connectivity index (χ1) is 19.6. The summed E-state index contributed by atoms with van der Waals surface area (Å²) in [7, 11) is 0. The molecule has 0 fully saturated rings. The Bertz CT molecular complexity index is 1250. The lowest BCUT2D eigenvalue weighted by Gasteiger charge is -2.23. The highest BCUT2D eigenvalue weighted by Gasteiger charge is 2.31. The second-order valence-corrected chi connectivity index (χ2v) is 9.39. The van der Waals surface area contributed by atoms with Gasteiger partial charge in [-0.2, -0.15) is 13.2 Å². The molecule has 0 spiro atoms. The number of rotatable bonds is 14. The molecule has 0 aliphatic carbocycles. The van der Waals surface area contributed by atoms with E-state index >= 15 is 0 Å². The Morgan fingerprint density at radius 1 is 0.927 bits per heavy atom. The maximum Gasteiger partial charge on any atom is 0.416 e. The number of aryl methyl sites for hydroxylation is 1. The van der Waals surface area contributed by atoms with E-state index < -0.39 is 35.6 Å². The van der Waals surface area contributed by atoms with Gasteiger partial charge >= 0.3 is 6.18 Å². The predicted octanol–water partition coefficient (Wildman–Crippen LogP) is 1.85. The van der Waals surface area contributed by atoms with Crippen molar-refractivity contribution >= 4 is 23.2 Å². The number of anilines is 2. The van der Waals surface area contributed by atoms with Crippen LogP contribution in [0.3, 0.4) is 0 Å². The quantitative estimate of drug-likeness (QED) is 0.195. The van der Waals surface area contributed by atoms with Gasteiger partial charge in [0.25, 0.3) is 0 Å². The first-order valence-corrected chi connectivity index (χ1v) is 13.1. The lowest BCUT2D eigenvalue weighted by Crippen LogP contribution is -2.51. The predicted molar refractivity (Wildman–Crippen MR) is 151 cm³/mol. The molecule has 0 bridgehead atoms. The summed E-state index contributed by atoms with van der Waals surface area (Å²) < 4.78 is 39.4. The zero-order valence-electron chi connectivity index (χ0n) is 22.5. The summed E-state index contributed by atoms with van der Waals surface area (Å²) in [6, 6.07) is 11.4. The van der Waals surface area contributed by atoms with Crippen LogP contribution >= 0.6 is 0 Å². The fourth-order valence-electron chi connectivity index (χ4n) is 4.09. The van der Waals surface area contributed by atoms with Gasteiger partial charge in [0.15, 0.2) is 0 Å². The normalized spacial score (nSPS) is 12.8. The summed E-state index contributed by atoms with van der Waals surface area (Å²) in [5.41, 5.74) is 18.1. The van der Waals surface area contributed by atoms with Crippen LogP contribution in [0.15, 0.2) is 67.0 Å². The van der Waals surface area contributed by atoms with Gasteiger partial charge in [-0.25, -0.2) is 9.97 Å². The molecule has 0 saturated heterocycles. The first-order valence-electron chi connectivity index (χ1n) is 13.1.